The standard InChI is InChI=1S/C24H18Cl3NO2S/c1-31-18-8-5-14(6-9-18)23(19-3-2-4-20(26)22(19)27)28-24(29)16-11-15-12-17(25)7-10-21(15)30-13-16/h2-12,23H,13H2,1H3,(H,28,29). The lowest BCUT2D eigenvalue weighted by Gasteiger charge is -2.24. The Bertz CT molecular complexity index is 1160. The van der Waals surface area contributed by atoms with Crippen LogP contribution in [0, 0.1) is 0 Å². The number of nitrogens with one attached hydrogen (secondary N) is 1. The molecule has 7 heteroatoms. The second kappa shape index (κ2) is 9.58. The van der Waals surface area contributed by atoms with Crippen molar-refractivity contribution in [2.45, 2.75) is 10.9 Å². The van der Waals surface area contributed by atoms with Crippen LogP contribution >= 0.6 is 46.6 Å². The minimum atomic E-state index is -0.476. The number of ether oxygens (including phenoxy) is 1. The minimum absolute atomic E-state index is 0.169. The maximum atomic E-state index is 13.2. The molecular weight excluding hydrogens is 473 g/mol. The lowest BCUT2D eigenvalue weighted by atomic mass is 9.97. The van der Waals surface area contributed by atoms with Crippen molar-refractivity contribution in [1.29, 1.82) is 0 Å². The van der Waals surface area contributed by atoms with Crippen molar-refractivity contribution in [3.63, 3.8) is 0 Å². The van der Waals surface area contributed by atoms with Gasteiger partial charge in [0.05, 0.1) is 21.7 Å². The Labute approximate surface area is 200 Å². The van der Waals surface area contributed by atoms with Crippen LogP contribution in [0.3, 0.4) is 0 Å². The van der Waals surface area contributed by atoms with Gasteiger partial charge in [-0.1, -0.05) is 59.1 Å². The first kappa shape index (κ1) is 22.1. The van der Waals surface area contributed by atoms with Gasteiger partial charge in [0, 0.05) is 15.5 Å². The number of thioether (sulfide) groups is 1. The van der Waals surface area contributed by atoms with Crippen LogP contribution in [-0.4, -0.2) is 18.8 Å². The van der Waals surface area contributed by atoms with Crippen LogP contribution < -0.4 is 10.1 Å². The van der Waals surface area contributed by atoms with Crippen LogP contribution in [-0.2, 0) is 4.79 Å². The van der Waals surface area contributed by atoms with Crippen LogP contribution in [0.25, 0.3) is 6.08 Å². The van der Waals surface area contributed by atoms with Crippen molar-refractivity contribution in [3.05, 3.63) is 98.0 Å². The van der Waals surface area contributed by atoms with E-state index in [4.69, 9.17) is 39.5 Å². The first-order valence-corrected chi connectivity index (χ1v) is 11.8. The van der Waals surface area contributed by atoms with Crippen LogP contribution in [0.4, 0.5) is 0 Å². The van der Waals surface area contributed by atoms with Gasteiger partial charge in [-0.3, -0.25) is 4.79 Å². The van der Waals surface area contributed by atoms with E-state index in [1.165, 1.54) is 0 Å². The Hall–Kier alpha value is -2.11. The average molecular weight is 491 g/mol. The highest BCUT2D eigenvalue weighted by Gasteiger charge is 2.24. The lowest BCUT2D eigenvalue weighted by molar-refractivity contribution is -0.118. The van der Waals surface area contributed by atoms with Gasteiger partial charge in [0.25, 0.3) is 5.91 Å². The molecule has 0 aromatic heterocycles. The number of amides is 1. The van der Waals surface area contributed by atoms with Gasteiger partial charge in [0.1, 0.15) is 12.4 Å². The first-order chi connectivity index (χ1) is 15.0. The van der Waals surface area contributed by atoms with E-state index < -0.39 is 6.04 Å². The van der Waals surface area contributed by atoms with Crippen LogP contribution in [0.5, 0.6) is 5.75 Å². The Morgan fingerprint density at radius 3 is 2.58 bits per heavy atom. The van der Waals surface area contributed by atoms with E-state index in [1.54, 1.807) is 42.1 Å². The van der Waals surface area contributed by atoms with Crippen molar-refractivity contribution in [1.82, 2.24) is 5.32 Å². The molecular formula is C24H18Cl3NO2S. The zero-order valence-electron chi connectivity index (χ0n) is 16.5. The van der Waals surface area contributed by atoms with Crippen LogP contribution in [0.15, 0.2) is 71.1 Å². The summed E-state index contributed by atoms with van der Waals surface area (Å²) < 4.78 is 5.74. The van der Waals surface area contributed by atoms with Gasteiger partial charge in [-0.15, -0.1) is 11.8 Å². The summed E-state index contributed by atoms with van der Waals surface area (Å²) in [7, 11) is 0. The number of rotatable bonds is 5. The fraction of sp³-hybridized carbons (Fsp3) is 0.125. The van der Waals surface area contributed by atoms with E-state index in [1.807, 2.05) is 42.7 Å². The lowest BCUT2D eigenvalue weighted by Crippen LogP contribution is -2.33. The fourth-order valence-corrected chi connectivity index (χ4v) is 4.39. The summed E-state index contributed by atoms with van der Waals surface area (Å²) in [6, 6.07) is 18.2. The smallest absolute Gasteiger partial charge is 0.251 e. The van der Waals surface area contributed by atoms with E-state index in [0.717, 1.165) is 21.6 Å². The molecule has 3 aromatic rings. The molecule has 158 valence electrons. The molecule has 1 atom stereocenters. The van der Waals surface area contributed by atoms with Gasteiger partial charge in [-0.2, -0.15) is 0 Å². The largest absolute Gasteiger partial charge is 0.488 e. The second-order valence-electron chi connectivity index (χ2n) is 6.96. The van der Waals surface area contributed by atoms with Gasteiger partial charge in [-0.25, -0.2) is 0 Å². The van der Waals surface area contributed by atoms with Crippen LogP contribution in [0.2, 0.25) is 15.1 Å². The SMILES string of the molecule is CSc1ccc(C(NC(=O)C2=Cc3cc(Cl)ccc3OC2)c2cccc(Cl)c2Cl)cc1. The van der Waals surface area contributed by atoms with Crippen molar-refractivity contribution in [2.75, 3.05) is 12.9 Å². The fourth-order valence-electron chi connectivity index (χ4n) is 3.38. The molecule has 1 aliphatic rings. The molecule has 3 aromatic carbocycles. The van der Waals surface area contributed by atoms with Gasteiger partial charge in [0.15, 0.2) is 0 Å². The molecule has 0 bridgehead atoms. The molecule has 31 heavy (non-hydrogen) atoms. The zero-order valence-corrected chi connectivity index (χ0v) is 19.6. The number of hydrogen-bond acceptors (Lipinski definition) is 3. The number of hydrogen-bond donors (Lipinski definition) is 1. The Morgan fingerprint density at radius 1 is 1.06 bits per heavy atom. The maximum absolute atomic E-state index is 13.2. The molecule has 3 nitrogen and oxygen atoms in total. The van der Waals surface area contributed by atoms with E-state index in [2.05, 4.69) is 5.32 Å². The predicted molar refractivity (Wildman–Crippen MR) is 130 cm³/mol. The topological polar surface area (TPSA) is 38.3 Å². The number of carbonyl (C=O) groups excluding carboxylic acids is 1. The van der Waals surface area contributed by atoms with E-state index in [-0.39, 0.29) is 12.5 Å². The predicted octanol–water partition coefficient (Wildman–Crippen LogP) is 7.05. The van der Waals surface area contributed by atoms with Crippen molar-refractivity contribution in [2.24, 2.45) is 0 Å². The van der Waals surface area contributed by atoms with Crippen molar-refractivity contribution >= 4 is 58.5 Å². The second-order valence-corrected chi connectivity index (χ2v) is 9.06. The third-order valence-corrected chi connectivity index (χ3v) is 6.81. The maximum Gasteiger partial charge on any atom is 0.251 e. The molecule has 1 aliphatic heterocycles. The summed E-state index contributed by atoms with van der Waals surface area (Å²) in [5.74, 6) is 0.448. The highest BCUT2D eigenvalue weighted by molar-refractivity contribution is 7.98. The number of benzene rings is 3. The van der Waals surface area contributed by atoms with Crippen LogP contribution in [0.1, 0.15) is 22.7 Å². The summed E-state index contributed by atoms with van der Waals surface area (Å²) in [5.41, 5.74) is 2.89. The Balaban J connectivity index is 1.69. The number of fused-ring (bicyclic) bond motifs is 1. The first-order valence-electron chi connectivity index (χ1n) is 9.48. The summed E-state index contributed by atoms with van der Waals surface area (Å²) in [6.07, 6.45) is 3.81. The summed E-state index contributed by atoms with van der Waals surface area (Å²) >= 11 is 20.5. The molecule has 1 unspecified atom stereocenters. The molecule has 0 radical (unpaired) electrons. The summed E-state index contributed by atoms with van der Waals surface area (Å²) in [4.78, 5) is 14.3. The van der Waals surface area contributed by atoms with E-state index >= 15 is 0 Å². The number of halogens is 3. The van der Waals surface area contributed by atoms with Crippen molar-refractivity contribution < 1.29 is 9.53 Å². The molecule has 0 fully saturated rings. The number of carbonyl (C=O) groups is 1. The van der Waals surface area contributed by atoms with E-state index in [0.29, 0.717) is 26.4 Å². The van der Waals surface area contributed by atoms with Gasteiger partial charge >= 0.3 is 0 Å². The van der Waals surface area contributed by atoms with Gasteiger partial charge in [-0.05, 0) is 59.9 Å². The highest BCUT2D eigenvalue weighted by atomic mass is 35.5. The molecule has 1 N–H and O–H groups in total. The quantitative estimate of drug-likeness (QED) is 0.389. The molecule has 4 rings (SSSR count). The highest BCUT2D eigenvalue weighted by Crippen LogP contribution is 2.35. The molecule has 0 saturated carbocycles. The molecule has 1 heterocycles. The molecule has 0 spiro atoms. The average Bonchev–Trinajstić information content (AvgIpc) is 2.79. The molecule has 0 aliphatic carbocycles. The van der Waals surface area contributed by atoms with Crippen molar-refractivity contribution in [3.8, 4) is 5.75 Å². The summed E-state index contributed by atoms with van der Waals surface area (Å²) in [6.45, 7) is 0.169. The van der Waals surface area contributed by atoms with E-state index in [9.17, 15) is 4.79 Å². The normalized spacial score (nSPS) is 13.6. The minimum Gasteiger partial charge on any atom is -0.488 e. The monoisotopic (exact) mass is 489 g/mol. The molecule has 0 saturated heterocycles. The van der Waals surface area contributed by atoms with Gasteiger partial charge in [0.2, 0.25) is 0 Å². The Morgan fingerprint density at radius 2 is 1.84 bits per heavy atom. The van der Waals surface area contributed by atoms with Gasteiger partial charge < -0.3 is 10.1 Å². The molecule has 1 amide bonds. The summed E-state index contributed by atoms with van der Waals surface area (Å²) in [5, 5.41) is 4.53. The third-order valence-electron chi connectivity index (χ3n) is 4.99. The Kier molecular flexibility index (Phi) is 6.83. The zero-order chi connectivity index (χ0) is 22.0. The third kappa shape index (κ3) is 4.88.